The number of pyridine rings is 1. The van der Waals surface area contributed by atoms with E-state index in [4.69, 9.17) is 0 Å². The molecule has 2 amide bonds. The Kier molecular flexibility index (Phi) is 7.33. The predicted molar refractivity (Wildman–Crippen MR) is 142 cm³/mol. The maximum atomic E-state index is 13.1. The average molecular weight is 495 g/mol. The molecule has 1 aliphatic rings. The van der Waals surface area contributed by atoms with Crippen LogP contribution in [-0.4, -0.2) is 52.8 Å². The maximum absolute atomic E-state index is 13.1. The zero-order chi connectivity index (χ0) is 25.6. The number of piperazine rings is 1. The lowest BCUT2D eigenvalue weighted by atomic mass is 10.1. The minimum Gasteiger partial charge on any atom is -0.336 e. The van der Waals surface area contributed by atoms with Crippen LogP contribution in [0.3, 0.4) is 0 Å². The van der Waals surface area contributed by atoms with Gasteiger partial charge in [0.1, 0.15) is 11.5 Å². The van der Waals surface area contributed by atoms with Gasteiger partial charge in [-0.15, -0.1) is 0 Å². The molecular weight excluding hydrogens is 467 g/mol. The van der Waals surface area contributed by atoms with Gasteiger partial charge in [0.05, 0.1) is 5.56 Å². The molecule has 2 heterocycles. The summed E-state index contributed by atoms with van der Waals surface area (Å²) >= 11 is 0. The second kappa shape index (κ2) is 11.1. The number of nitrogens with zero attached hydrogens (tertiary/aromatic N) is 3. The van der Waals surface area contributed by atoms with E-state index in [0.29, 0.717) is 24.3 Å². The van der Waals surface area contributed by atoms with E-state index >= 15 is 0 Å². The van der Waals surface area contributed by atoms with Crippen LogP contribution in [0.4, 0.5) is 10.1 Å². The number of hydrogen-bond acceptors (Lipinski definition) is 4. The molecule has 37 heavy (non-hydrogen) atoms. The molecular formula is C30H27FN4O2. The number of hydrogen-bond donors (Lipinski definition) is 1. The first-order valence-electron chi connectivity index (χ1n) is 12.2. The van der Waals surface area contributed by atoms with Crippen molar-refractivity contribution >= 4 is 17.5 Å². The molecule has 5 rings (SSSR count). The molecule has 1 aromatic heterocycles. The van der Waals surface area contributed by atoms with Crippen molar-refractivity contribution in [2.75, 3.05) is 31.5 Å². The summed E-state index contributed by atoms with van der Waals surface area (Å²) in [5.74, 6) is -0.674. The Labute approximate surface area is 215 Å². The van der Waals surface area contributed by atoms with E-state index in [9.17, 15) is 14.0 Å². The van der Waals surface area contributed by atoms with Crippen LogP contribution in [0.2, 0.25) is 0 Å². The number of anilines is 1. The highest BCUT2D eigenvalue weighted by atomic mass is 19.1. The van der Waals surface area contributed by atoms with Crippen molar-refractivity contribution in [1.29, 1.82) is 0 Å². The maximum Gasteiger partial charge on any atom is 0.274 e. The number of carbonyl (C=O) groups excluding carboxylic acids is 2. The van der Waals surface area contributed by atoms with E-state index in [1.165, 1.54) is 18.3 Å². The molecule has 186 valence electrons. The molecule has 0 bridgehead atoms. The third kappa shape index (κ3) is 6.08. The van der Waals surface area contributed by atoms with Crippen LogP contribution in [0.15, 0.2) is 97.2 Å². The van der Waals surface area contributed by atoms with Crippen LogP contribution in [0.5, 0.6) is 0 Å². The van der Waals surface area contributed by atoms with Gasteiger partial charge in [-0.05, 0) is 53.1 Å². The van der Waals surface area contributed by atoms with Gasteiger partial charge in [0, 0.05) is 44.6 Å². The van der Waals surface area contributed by atoms with Crippen LogP contribution in [0.1, 0.15) is 26.4 Å². The lowest BCUT2D eigenvalue weighted by Crippen LogP contribution is -2.48. The zero-order valence-electron chi connectivity index (χ0n) is 20.3. The van der Waals surface area contributed by atoms with Crippen LogP contribution >= 0.6 is 0 Å². The van der Waals surface area contributed by atoms with E-state index in [0.717, 1.165) is 36.3 Å². The average Bonchev–Trinajstić information content (AvgIpc) is 2.95. The Morgan fingerprint density at radius 1 is 0.784 bits per heavy atom. The Bertz CT molecular complexity index is 1350. The molecule has 0 unspecified atom stereocenters. The van der Waals surface area contributed by atoms with Gasteiger partial charge in [0.2, 0.25) is 0 Å². The van der Waals surface area contributed by atoms with Crippen molar-refractivity contribution in [2.24, 2.45) is 0 Å². The molecule has 1 N–H and O–H groups in total. The van der Waals surface area contributed by atoms with Gasteiger partial charge in [-0.2, -0.15) is 0 Å². The first-order valence-corrected chi connectivity index (χ1v) is 12.2. The van der Waals surface area contributed by atoms with E-state index < -0.39 is 0 Å². The summed E-state index contributed by atoms with van der Waals surface area (Å²) in [7, 11) is 0. The van der Waals surface area contributed by atoms with Crippen LogP contribution in [0, 0.1) is 5.82 Å². The van der Waals surface area contributed by atoms with Crippen molar-refractivity contribution in [3.8, 4) is 11.1 Å². The number of benzene rings is 3. The van der Waals surface area contributed by atoms with Crippen molar-refractivity contribution < 1.29 is 14.0 Å². The predicted octanol–water partition coefficient (Wildman–Crippen LogP) is 5.10. The largest absolute Gasteiger partial charge is 0.336 e. The summed E-state index contributed by atoms with van der Waals surface area (Å²) in [5, 5.41) is 2.85. The molecule has 0 saturated carbocycles. The SMILES string of the molecule is O=C(Nc1ccc(-c2ccccc2)cc1)c1ccc(C(=O)N2CCN(Cc3ccc(F)cc3)CC2)cn1. The number of carbonyl (C=O) groups is 2. The highest BCUT2D eigenvalue weighted by molar-refractivity contribution is 6.03. The Morgan fingerprint density at radius 3 is 2.11 bits per heavy atom. The number of aromatic nitrogens is 1. The molecule has 0 atom stereocenters. The fourth-order valence-corrected chi connectivity index (χ4v) is 4.37. The number of nitrogens with one attached hydrogen (secondary N) is 1. The lowest BCUT2D eigenvalue weighted by Gasteiger charge is -2.34. The quantitative estimate of drug-likeness (QED) is 0.405. The van der Waals surface area contributed by atoms with Gasteiger partial charge in [-0.1, -0.05) is 54.6 Å². The van der Waals surface area contributed by atoms with E-state index in [-0.39, 0.29) is 23.3 Å². The van der Waals surface area contributed by atoms with Gasteiger partial charge < -0.3 is 10.2 Å². The normalized spacial score (nSPS) is 13.8. The van der Waals surface area contributed by atoms with Gasteiger partial charge in [0.15, 0.2) is 0 Å². The van der Waals surface area contributed by atoms with Crippen LogP contribution < -0.4 is 5.32 Å². The lowest BCUT2D eigenvalue weighted by molar-refractivity contribution is 0.0627. The zero-order valence-corrected chi connectivity index (χ0v) is 20.3. The molecule has 1 saturated heterocycles. The van der Waals surface area contributed by atoms with Gasteiger partial charge >= 0.3 is 0 Å². The summed E-state index contributed by atoms with van der Waals surface area (Å²) in [5.41, 5.74) is 4.59. The minimum atomic E-state index is -0.333. The third-order valence-corrected chi connectivity index (χ3v) is 6.47. The standard InChI is InChI=1S/C30H27FN4O2/c31-26-11-6-22(7-12-26)21-34-16-18-35(19-17-34)30(37)25-10-15-28(32-20-25)29(36)33-27-13-8-24(9-14-27)23-4-2-1-3-5-23/h1-15,20H,16-19,21H2,(H,33,36). The monoisotopic (exact) mass is 494 g/mol. The van der Waals surface area contributed by atoms with Gasteiger partial charge in [-0.25, -0.2) is 4.39 Å². The second-order valence-electron chi connectivity index (χ2n) is 9.02. The number of halogens is 1. The summed E-state index contributed by atoms with van der Waals surface area (Å²) in [4.78, 5) is 33.9. The molecule has 0 aliphatic carbocycles. The molecule has 6 nitrogen and oxygen atoms in total. The summed E-state index contributed by atoms with van der Waals surface area (Å²) < 4.78 is 13.1. The Balaban J connectivity index is 1.13. The molecule has 1 fully saturated rings. The first kappa shape index (κ1) is 24.3. The van der Waals surface area contributed by atoms with E-state index in [1.807, 2.05) is 54.6 Å². The summed E-state index contributed by atoms with van der Waals surface area (Å²) in [6, 6.07) is 27.4. The fraction of sp³-hybridized carbons (Fsp3) is 0.167. The molecule has 0 spiro atoms. The minimum absolute atomic E-state index is 0.0996. The Hall–Kier alpha value is -4.36. The number of amides is 2. The van der Waals surface area contributed by atoms with Crippen molar-refractivity contribution in [3.05, 3.63) is 120 Å². The van der Waals surface area contributed by atoms with Gasteiger partial charge in [0.25, 0.3) is 11.8 Å². The third-order valence-electron chi connectivity index (χ3n) is 6.47. The second-order valence-corrected chi connectivity index (χ2v) is 9.02. The summed E-state index contributed by atoms with van der Waals surface area (Å²) in [6.45, 7) is 3.39. The van der Waals surface area contributed by atoms with Gasteiger partial charge in [-0.3, -0.25) is 19.5 Å². The fourth-order valence-electron chi connectivity index (χ4n) is 4.37. The highest BCUT2D eigenvalue weighted by Gasteiger charge is 2.23. The smallest absolute Gasteiger partial charge is 0.274 e. The molecule has 1 aliphatic heterocycles. The topological polar surface area (TPSA) is 65.5 Å². The first-order chi connectivity index (χ1) is 18.0. The van der Waals surface area contributed by atoms with Crippen molar-refractivity contribution in [1.82, 2.24) is 14.8 Å². The Morgan fingerprint density at radius 2 is 1.46 bits per heavy atom. The number of rotatable bonds is 6. The molecule has 4 aromatic rings. The molecule has 0 radical (unpaired) electrons. The van der Waals surface area contributed by atoms with E-state index in [2.05, 4.69) is 15.2 Å². The van der Waals surface area contributed by atoms with Crippen LogP contribution in [0.25, 0.3) is 11.1 Å². The van der Waals surface area contributed by atoms with Crippen LogP contribution in [-0.2, 0) is 6.54 Å². The van der Waals surface area contributed by atoms with Crippen molar-refractivity contribution in [3.63, 3.8) is 0 Å². The van der Waals surface area contributed by atoms with E-state index in [1.54, 1.807) is 29.2 Å². The molecule has 3 aromatic carbocycles. The highest BCUT2D eigenvalue weighted by Crippen LogP contribution is 2.21. The summed E-state index contributed by atoms with van der Waals surface area (Å²) in [6.07, 6.45) is 1.46. The molecule has 7 heteroatoms. The van der Waals surface area contributed by atoms with Crippen molar-refractivity contribution in [2.45, 2.75) is 6.54 Å².